The molecule has 0 saturated carbocycles. The van der Waals surface area contributed by atoms with E-state index in [9.17, 15) is 9.59 Å². The lowest BCUT2D eigenvalue weighted by Crippen LogP contribution is -2.45. The summed E-state index contributed by atoms with van der Waals surface area (Å²) < 4.78 is 5.11. The molecular weight excluding hydrogens is 268 g/mol. The van der Waals surface area contributed by atoms with Crippen LogP contribution in [0.2, 0.25) is 0 Å². The van der Waals surface area contributed by atoms with Crippen LogP contribution < -0.4 is 10.6 Å². The summed E-state index contributed by atoms with van der Waals surface area (Å²) in [6.45, 7) is 7.29. The first-order valence-corrected chi connectivity index (χ1v) is 6.65. The molecule has 21 heavy (non-hydrogen) atoms. The Morgan fingerprint density at radius 1 is 1.43 bits per heavy atom. The number of aryl methyl sites for hydroxylation is 1. The second kappa shape index (κ2) is 6.26. The normalized spacial score (nSPS) is 17.8. The van der Waals surface area contributed by atoms with Crippen molar-refractivity contribution in [3.8, 4) is 0 Å². The fraction of sp³-hybridized carbons (Fsp3) is 0.250. The number of rotatable bonds is 4. The van der Waals surface area contributed by atoms with Crippen LogP contribution in [-0.4, -0.2) is 18.6 Å². The van der Waals surface area contributed by atoms with E-state index < -0.39 is 12.0 Å². The number of carbonyl (C=O) groups is 2. The fourth-order valence-corrected chi connectivity index (χ4v) is 2.28. The Kier molecular flexibility index (Phi) is 4.42. The van der Waals surface area contributed by atoms with E-state index in [4.69, 9.17) is 4.74 Å². The second-order valence-electron chi connectivity index (χ2n) is 4.87. The lowest BCUT2D eigenvalue weighted by Gasteiger charge is -2.28. The Labute approximate surface area is 123 Å². The molecule has 1 aromatic rings. The maximum absolute atomic E-state index is 12.2. The molecule has 0 saturated heterocycles. The average Bonchev–Trinajstić information content (AvgIpc) is 2.44. The monoisotopic (exact) mass is 286 g/mol. The molecule has 5 nitrogen and oxygen atoms in total. The van der Waals surface area contributed by atoms with Crippen molar-refractivity contribution in [2.75, 3.05) is 6.61 Å². The zero-order valence-corrected chi connectivity index (χ0v) is 12.1. The summed E-state index contributed by atoms with van der Waals surface area (Å²) in [5.41, 5.74) is 2.80. The van der Waals surface area contributed by atoms with Gasteiger partial charge in [0.05, 0.1) is 11.6 Å². The third kappa shape index (κ3) is 3.31. The van der Waals surface area contributed by atoms with Crippen LogP contribution in [0.15, 0.2) is 48.2 Å². The highest BCUT2D eigenvalue weighted by Crippen LogP contribution is 2.27. The minimum atomic E-state index is -0.518. The van der Waals surface area contributed by atoms with Gasteiger partial charge in [-0.1, -0.05) is 42.5 Å². The maximum Gasteiger partial charge on any atom is 0.338 e. The van der Waals surface area contributed by atoms with Gasteiger partial charge >= 0.3 is 12.0 Å². The summed E-state index contributed by atoms with van der Waals surface area (Å²) >= 11 is 0. The Balaban J connectivity index is 2.40. The van der Waals surface area contributed by atoms with Crippen molar-refractivity contribution in [2.45, 2.75) is 19.9 Å². The minimum Gasteiger partial charge on any atom is -0.458 e. The van der Waals surface area contributed by atoms with Crippen molar-refractivity contribution in [2.24, 2.45) is 0 Å². The predicted octanol–water partition coefficient (Wildman–Crippen LogP) is 2.35. The molecule has 0 aromatic heterocycles. The van der Waals surface area contributed by atoms with Gasteiger partial charge in [0.25, 0.3) is 0 Å². The molecule has 0 fully saturated rings. The van der Waals surface area contributed by atoms with E-state index >= 15 is 0 Å². The summed E-state index contributed by atoms with van der Waals surface area (Å²) in [5, 5.41) is 5.37. The molecule has 1 aliphatic rings. The van der Waals surface area contributed by atoms with E-state index in [1.165, 1.54) is 6.08 Å². The van der Waals surface area contributed by atoms with Crippen molar-refractivity contribution < 1.29 is 14.3 Å². The standard InChI is InChI=1S/C16H18N2O3/c1-4-8-21-15(19)13-11(3)17-16(20)18-14(13)12-7-5-6-10(2)9-12/h4-7,9,14H,1,8H2,2-3H3,(H2,17,18,20). The third-order valence-corrected chi connectivity index (χ3v) is 3.20. The van der Waals surface area contributed by atoms with Gasteiger partial charge in [-0.3, -0.25) is 0 Å². The SMILES string of the molecule is C=CCOC(=O)C1=C(C)NC(=O)NC1c1cccc(C)c1. The molecule has 1 aliphatic heterocycles. The number of hydrogen-bond acceptors (Lipinski definition) is 3. The van der Waals surface area contributed by atoms with Crippen LogP contribution in [0.3, 0.4) is 0 Å². The molecule has 5 heteroatoms. The molecule has 2 N–H and O–H groups in total. The number of amides is 2. The summed E-state index contributed by atoms with van der Waals surface area (Å²) in [5.74, 6) is -0.466. The van der Waals surface area contributed by atoms with Crippen LogP contribution in [0.5, 0.6) is 0 Å². The second-order valence-corrected chi connectivity index (χ2v) is 4.87. The van der Waals surface area contributed by atoms with Gasteiger partial charge in [0.15, 0.2) is 0 Å². The third-order valence-electron chi connectivity index (χ3n) is 3.20. The number of esters is 1. The molecule has 0 aliphatic carbocycles. The van der Waals surface area contributed by atoms with Gasteiger partial charge in [0.2, 0.25) is 0 Å². The lowest BCUT2D eigenvalue weighted by molar-refractivity contribution is -0.138. The number of allylic oxidation sites excluding steroid dienone is 1. The maximum atomic E-state index is 12.2. The molecule has 110 valence electrons. The van der Waals surface area contributed by atoms with Gasteiger partial charge in [-0.25, -0.2) is 9.59 Å². The Morgan fingerprint density at radius 2 is 2.19 bits per heavy atom. The Morgan fingerprint density at radius 3 is 2.86 bits per heavy atom. The first-order chi connectivity index (χ1) is 10.0. The number of benzene rings is 1. The zero-order valence-electron chi connectivity index (χ0n) is 12.1. The molecule has 0 bridgehead atoms. The van der Waals surface area contributed by atoms with Crippen LogP contribution in [0.25, 0.3) is 0 Å². The van der Waals surface area contributed by atoms with E-state index in [-0.39, 0.29) is 12.6 Å². The summed E-state index contributed by atoms with van der Waals surface area (Å²) in [6.07, 6.45) is 1.50. The van der Waals surface area contributed by atoms with Crippen LogP contribution in [0.4, 0.5) is 4.79 Å². The van der Waals surface area contributed by atoms with E-state index in [0.717, 1.165) is 11.1 Å². The van der Waals surface area contributed by atoms with Crippen LogP contribution in [0, 0.1) is 6.92 Å². The first-order valence-electron chi connectivity index (χ1n) is 6.65. The Bertz CT molecular complexity index is 620. The highest BCUT2D eigenvalue weighted by atomic mass is 16.5. The predicted molar refractivity (Wildman–Crippen MR) is 79.4 cm³/mol. The molecule has 1 heterocycles. The molecule has 2 amide bonds. The van der Waals surface area contributed by atoms with Crippen LogP contribution >= 0.6 is 0 Å². The van der Waals surface area contributed by atoms with Crippen LogP contribution in [0.1, 0.15) is 24.1 Å². The lowest BCUT2D eigenvalue weighted by atomic mass is 9.94. The van der Waals surface area contributed by atoms with Crippen molar-refractivity contribution in [3.63, 3.8) is 0 Å². The van der Waals surface area contributed by atoms with Crippen molar-refractivity contribution >= 4 is 12.0 Å². The molecule has 2 rings (SSSR count). The number of nitrogens with one attached hydrogen (secondary N) is 2. The average molecular weight is 286 g/mol. The largest absolute Gasteiger partial charge is 0.458 e. The smallest absolute Gasteiger partial charge is 0.338 e. The van der Waals surface area contributed by atoms with Gasteiger partial charge in [0, 0.05) is 5.70 Å². The molecule has 0 spiro atoms. The number of carbonyl (C=O) groups excluding carboxylic acids is 2. The molecular formula is C16H18N2O3. The molecule has 1 unspecified atom stereocenters. The first kappa shape index (κ1) is 14.8. The highest BCUT2D eigenvalue weighted by molar-refractivity contribution is 5.95. The number of hydrogen-bond donors (Lipinski definition) is 2. The van der Waals surface area contributed by atoms with Gasteiger partial charge in [0.1, 0.15) is 6.61 Å². The fourth-order valence-electron chi connectivity index (χ4n) is 2.28. The zero-order chi connectivity index (χ0) is 15.4. The van der Waals surface area contributed by atoms with E-state index in [1.54, 1.807) is 6.92 Å². The Hall–Kier alpha value is -2.56. The number of ether oxygens (including phenoxy) is 1. The van der Waals surface area contributed by atoms with Gasteiger partial charge in [-0.2, -0.15) is 0 Å². The van der Waals surface area contributed by atoms with Crippen molar-refractivity contribution in [1.82, 2.24) is 10.6 Å². The summed E-state index contributed by atoms with van der Waals surface area (Å²) in [6, 6.07) is 6.80. The molecule has 1 atom stereocenters. The molecule has 1 aromatic carbocycles. The van der Waals surface area contributed by atoms with Crippen molar-refractivity contribution in [1.29, 1.82) is 0 Å². The summed E-state index contributed by atoms with van der Waals surface area (Å²) in [7, 11) is 0. The molecule has 0 radical (unpaired) electrons. The van der Waals surface area contributed by atoms with Crippen LogP contribution in [-0.2, 0) is 9.53 Å². The minimum absolute atomic E-state index is 0.129. The summed E-state index contributed by atoms with van der Waals surface area (Å²) in [4.78, 5) is 23.9. The number of urea groups is 1. The van der Waals surface area contributed by atoms with E-state index in [2.05, 4.69) is 17.2 Å². The van der Waals surface area contributed by atoms with Gasteiger partial charge in [-0.15, -0.1) is 0 Å². The van der Waals surface area contributed by atoms with Crippen molar-refractivity contribution in [3.05, 3.63) is 59.3 Å². The van der Waals surface area contributed by atoms with E-state index in [0.29, 0.717) is 11.3 Å². The van der Waals surface area contributed by atoms with Gasteiger partial charge in [-0.05, 0) is 19.4 Å². The van der Waals surface area contributed by atoms with Gasteiger partial charge < -0.3 is 15.4 Å². The van der Waals surface area contributed by atoms with E-state index in [1.807, 2.05) is 31.2 Å². The highest BCUT2D eigenvalue weighted by Gasteiger charge is 2.32. The topological polar surface area (TPSA) is 67.4 Å². The quantitative estimate of drug-likeness (QED) is 0.659.